The number of aromatic amines is 1. The second-order valence-electron chi connectivity index (χ2n) is 7.93. The van der Waals surface area contributed by atoms with E-state index in [9.17, 15) is 9.59 Å². The van der Waals surface area contributed by atoms with E-state index in [0.717, 1.165) is 30.3 Å². The van der Waals surface area contributed by atoms with Crippen molar-refractivity contribution in [2.75, 3.05) is 19.6 Å². The standard InChI is InChI=1S/C21H28N4O2/c26-20(22-14-15-6-2-1-3-7-15)16-10-12-25(13-11-16)21(27)19-17-8-4-5-9-18(17)23-24-19/h4-5,8-9,15-16H,1-3,6-7,10-14H2,(H,22,26)(H,23,24). The molecule has 27 heavy (non-hydrogen) atoms. The molecule has 6 heteroatoms. The minimum absolute atomic E-state index is 0.0218. The van der Waals surface area contributed by atoms with Crippen LogP contribution >= 0.6 is 0 Å². The molecule has 2 aliphatic rings. The number of hydrogen-bond acceptors (Lipinski definition) is 3. The number of hydrogen-bond donors (Lipinski definition) is 2. The molecule has 1 saturated heterocycles. The van der Waals surface area contributed by atoms with Crippen LogP contribution in [0.2, 0.25) is 0 Å². The predicted octanol–water partition coefficient (Wildman–Crippen LogP) is 3.11. The highest BCUT2D eigenvalue weighted by Gasteiger charge is 2.29. The molecule has 2 amide bonds. The van der Waals surface area contributed by atoms with Gasteiger partial charge in [0.2, 0.25) is 5.91 Å². The highest BCUT2D eigenvalue weighted by atomic mass is 16.2. The fraction of sp³-hybridized carbons (Fsp3) is 0.571. The Balaban J connectivity index is 1.29. The SMILES string of the molecule is O=C(NCC1CCCCC1)C1CCN(C(=O)c2n[nH]c3ccccc23)CC1. The van der Waals surface area contributed by atoms with Crippen molar-refractivity contribution >= 4 is 22.7 Å². The van der Waals surface area contributed by atoms with Crippen LogP contribution in [0, 0.1) is 11.8 Å². The van der Waals surface area contributed by atoms with Crippen molar-refractivity contribution in [3.63, 3.8) is 0 Å². The van der Waals surface area contributed by atoms with Gasteiger partial charge in [0, 0.05) is 30.9 Å². The van der Waals surface area contributed by atoms with E-state index in [1.807, 2.05) is 29.2 Å². The molecule has 1 aromatic heterocycles. The van der Waals surface area contributed by atoms with Crippen LogP contribution in [0.3, 0.4) is 0 Å². The van der Waals surface area contributed by atoms with E-state index in [2.05, 4.69) is 15.5 Å². The van der Waals surface area contributed by atoms with Crippen molar-refractivity contribution in [2.45, 2.75) is 44.9 Å². The molecule has 0 radical (unpaired) electrons. The largest absolute Gasteiger partial charge is 0.356 e. The van der Waals surface area contributed by atoms with Crippen LogP contribution < -0.4 is 5.32 Å². The molecule has 2 aromatic rings. The van der Waals surface area contributed by atoms with E-state index in [1.165, 1.54) is 32.1 Å². The minimum atomic E-state index is -0.0477. The van der Waals surface area contributed by atoms with Crippen molar-refractivity contribution < 1.29 is 9.59 Å². The normalized spacial score (nSPS) is 19.3. The predicted molar refractivity (Wildman–Crippen MR) is 104 cm³/mol. The van der Waals surface area contributed by atoms with Crippen LogP contribution in [0.1, 0.15) is 55.4 Å². The fourth-order valence-corrected chi connectivity index (χ4v) is 4.40. The molecule has 1 saturated carbocycles. The summed E-state index contributed by atoms with van der Waals surface area (Å²) < 4.78 is 0. The maximum Gasteiger partial charge on any atom is 0.274 e. The molecular formula is C21H28N4O2. The van der Waals surface area contributed by atoms with Gasteiger partial charge in [0.15, 0.2) is 5.69 Å². The number of H-pyrrole nitrogens is 1. The number of para-hydroxylation sites is 1. The summed E-state index contributed by atoms with van der Waals surface area (Å²) in [5.41, 5.74) is 1.35. The Morgan fingerprint density at radius 3 is 2.59 bits per heavy atom. The summed E-state index contributed by atoms with van der Waals surface area (Å²) >= 11 is 0. The van der Waals surface area contributed by atoms with Crippen LogP contribution in [-0.4, -0.2) is 46.5 Å². The molecule has 2 fully saturated rings. The first-order chi connectivity index (χ1) is 13.2. The molecule has 1 aromatic carbocycles. The molecule has 1 aliphatic carbocycles. The van der Waals surface area contributed by atoms with Gasteiger partial charge in [0.1, 0.15) is 0 Å². The van der Waals surface area contributed by atoms with E-state index in [1.54, 1.807) is 0 Å². The van der Waals surface area contributed by atoms with Gasteiger partial charge < -0.3 is 10.2 Å². The van der Waals surface area contributed by atoms with Crippen LogP contribution in [0.25, 0.3) is 10.9 Å². The van der Waals surface area contributed by atoms with E-state index >= 15 is 0 Å². The number of fused-ring (bicyclic) bond motifs is 1. The quantitative estimate of drug-likeness (QED) is 0.870. The van der Waals surface area contributed by atoms with Gasteiger partial charge >= 0.3 is 0 Å². The van der Waals surface area contributed by atoms with Gasteiger partial charge in [-0.2, -0.15) is 5.10 Å². The number of amides is 2. The molecule has 2 heterocycles. The van der Waals surface area contributed by atoms with Gasteiger partial charge in [0.05, 0.1) is 5.52 Å². The van der Waals surface area contributed by atoms with Gasteiger partial charge in [-0.25, -0.2) is 0 Å². The van der Waals surface area contributed by atoms with E-state index in [-0.39, 0.29) is 17.7 Å². The first-order valence-electron chi connectivity index (χ1n) is 10.2. The summed E-state index contributed by atoms with van der Waals surface area (Å²) in [6.45, 7) is 2.04. The van der Waals surface area contributed by atoms with E-state index in [0.29, 0.717) is 24.7 Å². The first-order valence-corrected chi connectivity index (χ1v) is 10.2. The molecule has 0 unspecified atom stereocenters. The van der Waals surface area contributed by atoms with Gasteiger partial charge in [-0.1, -0.05) is 37.5 Å². The number of piperidine rings is 1. The lowest BCUT2D eigenvalue weighted by atomic mass is 9.89. The number of carbonyl (C=O) groups is 2. The van der Waals surface area contributed by atoms with Crippen LogP contribution in [0.4, 0.5) is 0 Å². The second kappa shape index (κ2) is 8.11. The topological polar surface area (TPSA) is 78.1 Å². The van der Waals surface area contributed by atoms with Crippen molar-refractivity contribution in [3.05, 3.63) is 30.0 Å². The van der Waals surface area contributed by atoms with Crippen LogP contribution in [0.15, 0.2) is 24.3 Å². The Kier molecular flexibility index (Phi) is 5.41. The third-order valence-electron chi connectivity index (χ3n) is 6.12. The molecule has 0 bridgehead atoms. The van der Waals surface area contributed by atoms with Crippen molar-refractivity contribution in [3.8, 4) is 0 Å². The summed E-state index contributed by atoms with van der Waals surface area (Å²) in [4.78, 5) is 27.1. The monoisotopic (exact) mass is 368 g/mol. The molecule has 0 atom stereocenters. The van der Waals surface area contributed by atoms with Gasteiger partial charge in [-0.3, -0.25) is 14.7 Å². The third-order valence-corrected chi connectivity index (χ3v) is 6.12. The Bertz CT molecular complexity index is 801. The van der Waals surface area contributed by atoms with E-state index in [4.69, 9.17) is 0 Å². The minimum Gasteiger partial charge on any atom is -0.356 e. The average molecular weight is 368 g/mol. The van der Waals surface area contributed by atoms with Gasteiger partial charge in [-0.05, 0) is 37.7 Å². The molecule has 4 rings (SSSR count). The highest BCUT2D eigenvalue weighted by Crippen LogP contribution is 2.24. The first kappa shape index (κ1) is 18.0. The fourth-order valence-electron chi connectivity index (χ4n) is 4.40. The zero-order valence-electron chi connectivity index (χ0n) is 15.7. The Hall–Kier alpha value is -2.37. The number of nitrogens with one attached hydrogen (secondary N) is 2. The van der Waals surface area contributed by atoms with Crippen molar-refractivity contribution in [1.82, 2.24) is 20.4 Å². The summed E-state index contributed by atoms with van der Waals surface area (Å²) in [5, 5.41) is 11.1. The Morgan fingerprint density at radius 1 is 1.07 bits per heavy atom. The zero-order valence-corrected chi connectivity index (χ0v) is 15.7. The van der Waals surface area contributed by atoms with E-state index < -0.39 is 0 Å². The molecule has 0 spiro atoms. The highest BCUT2D eigenvalue weighted by molar-refractivity contribution is 6.04. The summed E-state index contributed by atoms with van der Waals surface area (Å²) in [6, 6.07) is 7.67. The van der Waals surface area contributed by atoms with Crippen LogP contribution in [-0.2, 0) is 4.79 Å². The number of carbonyl (C=O) groups excluding carboxylic acids is 2. The number of likely N-dealkylation sites (tertiary alicyclic amines) is 1. The summed E-state index contributed by atoms with van der Waals surface area (Å²) in [6.07, 6.45) is 7.86. The van der Waals surface area contributed by atoms with Gasteiger partial charge in [-0.15, -0.1) is 0 Å². The molecule has 6 nitrogen and oxygen atoms in total. The maximum atomic E-state index is 12.8. The third kappa shape index (κ3) is 3.99. The summed E-state index contributed by atoms with van der Waals surface area (Å²) in [7, 11) is 0. The zero-order chi connectivity index (χ0) is 18.6. The molecular weight excluding hydrogens is 340 g/mol. The number of benzene rings is 1. The average Bonchev–Trinajstić information content (AvgIpc) is 3.16. The lowest BCUT2D eigenvalue weighted by Gasteiger charge is -2.31. The maximum absolute atomic E-state index is 12.8. The van der Waals surface area contributed by atoms with Crippen molar-refractivity contribution in [2.24, 2.45) is 11.8 Å². The Labute approximate surface area is 159 Å². The van der Waals surface area contributed by atoms with Gasteiger partial charge in [0.25, 0.3) is 5.91 Å². The lowest BCUT2D eigenvalue weighted by molar-refractivity contribution is -0.126. The molecule has 1 aliphatic heterocycles. The lowest BCUT2D eigenvalue weighted by Crippen LogP contribution is -2.44. The smallest absolute Gasteiger partial charge is 0.274 e. The second-order valence-corrected chi connectivity index (χ2v) is 7.93. The molecule has 2 N–H and O–H groups in total. The molecule has 144 valence electrons. The van der Waals surface area contributed by atoms with Crippen LogP contribution in [0.5, 0.6) is 0 Å². The number of rotatable bonds is 4. The summed E-state index contributed by atoms with van der Waals surface area (Å²) in [5.74, 6) is 0.789. The van der Waals surface area contributed by atoms with Crippen molar-refractivity contribution in [1.29, 1.82) is 0 Å². The number of nitrogens with zero attached hydrogens (tertiary/aromatic N) is 2. The Morgan fingerprint density at radius 2 is 1.81 bits per heavy atom. The number of aromatic nitrogens is 2.